The Balaban J connectivity index is 1.74. The summed E-state index contributed by atoms with van der Waals surface area (Å²) in [6, 6.07) is 6.00. The summed E-state index contributed by atoms with van der Waals surface area (Å²) in [5.74, 6) is 2.35. The minimum Gasteiger partial charge on any atom is -0.493 e. The van der Waals surface area contributed by atoms with E-state index in [1.165, 1.54) is 5.56 Å². The molecule has 1 heterocycles. The van der Waals surface area contributed by atoms with Crippen LogP contribution in [0.4, 0.5) is 0 Å². The number of nitrogens with one attached hydrogen (secondary N) is 2. The van der Waals surface area contributed by atoms with Gasteiger partial charge in [0.05, 0.1) is 14.2 Å². The van der Waals surface area contributed by atoms with Gasteiger partial charge in [-0.2, -0.15) is 0 Å². The molecule has 0 spiro atoms. The zero-order valence-corrected chi connectivity index (χ0v) is 16.4. The Bertz CT molecular complexity index is 688. The summed E-state index contributed by atoms with van der Waals surface area (Å²) >= 11 is 0. The zero-order valence-electron chi connectivity index (χ0n) is 16.4. The maximum Gasteiger partial charge on any atom is 0.191 e. The lowest BCUT2D eigenvalue weighted by molar-refractivity contribution is 0.354. The average molecular weight is 374 g/mol. The molecule has 1 aromatic heterocycles. The molecule has 0 aliphatic heterocycles. The first-order valence-corrected chi connectivity index (χ1v) is 9.32. The third-order valence-corrected chi connectivity index (χ3v) is 4.06. The Morgan fingerprint density at radius 1 is 1.07 bits per heavy atom. The van der Waals surface area contributed by atoms with Crippen molar-refractivity contribution in [2.24, 2.45) is 4.99 Å². The Labute approximate surface area is 161 Å². The first-order valence-electron chi connectivity index (χ1n) is 9.32. The maximum atomic E-state index is 5.35. The van der Waals surface area contributed by atoms with Crippen molar-refractivity contribution in [1.29, 1.82) is 0 Å². The van der Waals surface area contributed by atoms with Crippen molar-refractivity contribution < 1.29 is 9.47 Å². The van der Waals surface area contributed by atoms with E-state index < -0.39 is 0 Å². The second kappa shape index (κ2) is 11.8. The topological polar surface area (TPSA) is 85.6 Å². The van der Waals surface area contributed by atoms with Crippen LogP contribution in [0.3, 0.4) is 0 Å². The summed E-state index contributed by atoms with van der Waals surface area (Å²) < 4.78 is 12.6. The van der Waals surface area contributed by atoms with Crippen molar-refractivity contribution in [3.05, 3.63) is 36.4 Å². The first-order chi connectivity index (χ1) is 13.3. The van der Waals surface area contributed by atoms with E-state index in [4.69, 9.17) is 9.47 Å². The van der Waals surface area contributed by atoms with Gasteiger partial charge in [0, 0.05) is 26.2 Å². The normalized spacial score (nSPS) is 11.3. The number of methoxy groups -OCH3 is 2. The van der Waals surface area contributed by atoms with Crippen molar-refractivity contribution in [1.82, 2.24) is 25.4 Å². The molecule has 0 radical (unpaired) electrons. The lowest BCUT2D eigenvalue weighted by Crippen LogP contribution is -2.38. The van der Waals surface area contributed by atoms with Gasteiger partial charge in [-0.1, -0.05) is 6.07 Å². The van der Waals surface area contributed by atoms with Crippen LogP contribution in [0.2, 0.25) is 0 Å². The van der Waals surface area contributed by atoms with Gasteiger partial charge in [0.15, 0.2) is 17.5 Å². The van der Waals surface area contributed by atoms with E-state index in [1.54, 1.807) is 26.9 Å². The van der Waals surface area contributed by atoms with Crippen LogP contribution >= 0.6 is 0 Å². The molecular weight excluding hydrogens is 344 g/mol. The van der Waals surface area contributed by atoms with E-state index in [0.29, 0.717) is 0 Å². The third-order valence-electron chi connectivity index (χ3n) is 4.06. The van der Waals surface area contributed by atoms with Gasteiger partial charge in [-0.25, -0.2) is 0 Å². The average Bonchev–Trinajstić information content (AvgIpc) is 3.21. The molecule has 0 saturated carbocycles. The second-order valence-corrected chi connectivity index (χ2v) is 6.03. The fraction of sp³-hybridized carbons (Fsp3) is 0.526. The van der Waals surface area contributed by atoms with E-state index in [-0.39, 0.29) is 0 Å². The number of ether oxygens (including phenoxy) is 2. The molecule has 1 aromatic carbocycles. The molecule has 8 nitrogen and oxygen atoms in total. The van der Waals surface area contributed by atoms with E-state index in [0.717, 1.165) is 62.9 Å². The van der Waals surface area contributed by atoms with Crippen molar-refractivity contribution in [3.63, 3.8) is 0 Å². The molecule has 0 saturated heterocycles. The molecule has 0 bridgehead atoms. The van der Waals surface area contributed by atoms with Crippen molar-refractivity contribution in [2.45, 2.75) is 32.7 Å². The number of guanidine groups is 1. The first kappa shape index (κ1) is 20.5. The van der Waals surface area contributed by atoms with Gasteiger partial charge in [-0.15, -0.1) is 10.2 Å². The number of hydrogen-bond donors (Lipinski definition) is 2. The number of nitrogens with zero attached hydrogens (tertiary/aromatic N) is 4. The largest absolute Gasteiger partial charge is 0.493 e. The summed E-state index contributed by atoms with van der Waals surface area (Å²) in [4.78, 5) is 4.63. The molecule has 2 N–H and O–H groups in total. The predicted molar refractivity (Wildman–Crippen MR) is 106 cm³/mol. The summed E-state index contributed by atoms with van der Waals surface area (Å²) in [5.41, 5.74) is 1.19. The van der Waals surface area contributed by atoms with E-state index in [9.17, 15) is 0 Å². The fourth-order valence-electron chi connectivity index (χ4n) is 2.64. The fourth-order valence-corrected chi connectivity index (χ4v) is 2.64. The Hall–Kier alpha value is -2.77. The van der Waals surface area contributed by atoms with E-state index in [2.05, 4.69) is 38.8 Å². The van der Waals surface area contributed by atoms with Gasteiger partial charge in [0.25, 0.3) is 0 Å². The molecule has 0 aliphatic carbocycles. The number of aliphatic imine (C=N–C) groups is 1. The monoisotopic (exact) mass is 374 g/mol. The Morgan fingerprint density at radius 3 is 2.56 bits per heavy atom. The van der Waals surface area contributed by atoms with Gasteiger partial charge >= 0.3 is 0 Å². The molecule has 0 atom stereocenters. The quantitative estimate of drug-likeness (QED) is 0.355. The lowest BCUT2D eigenvalue weighted by Gasteiger charge is -2.12. The summed E-state index contributed by atoms with van der Waals surface area (Å²) in [6.45, 7) is 5.40. The number of aryl methyl sites for hydroxylation is 1. The highest BCUT2D eigenvalue weighted by Crippen LogP contribution is 2.27. The van der Waals surface area contributed by atoms with Gasteiger partial charge in [0.2, 0.25) is 0 Å². The molecule has 0 fully saturated rings. The molecule has 27 heavy (non-hydrogen) atoms. The predicted octanol–water partition coefficient (Wildman–Crippen LogP) is 1.87. The van der Waals surface area contributed by atoms with Crippen LogP contribution < -0.4 is 20.1 Å². The van der Waals surface area contributed by atoms with Crippen molar-refractivity contribution in [3.8, 4) is 11.5 Å². The van der Waals surface area contributed by atoms with Crippen LogP contribution in [0.1, 0.15) is 25.3 Å². The van der Waals surface area contributed by atoms with E-state index >= 15 is 0 Å². The van der Waals surface area contributed by atoms with Gasteiger partial charge in [0.1, 0.15) is 12.7 Å². The number of aromatic nitrogens is 3. The highest BCUT2D eigenvalue weighted by Gasteiger charge is 2.05. The maximum absolute atomic E-state index is 5.35. The molecule has 2 aromatic rings. The molecule has 148 valence electrons. The third kappa shape index (κ3) is 7.16. The highest BCUT2D eigenvalue weighted by atomic mass is 16.5. The smallest absolute Gasteiger partial charge is 0.191 e. The number of rotatable bonds is 11. The van der Waals surface area contributed by atoms with Crippen molar-refractivity contribution in [2.75, 3.05) is 33.9 Å². The van der Waals surface area contributed by atoms with Crippen LogP contribution in [0, 0.1) is 0 Å². The Morgan fingerprint density at radius 2 is 1.85 bits per heavy atom. The van der Waals surface area contributed by atoms with Gasteiger partial charge in [-0.3, -0.25) is 4.99 Å². The van der Waals surface area contributed by atoms with Crippen molar-refractivity contribution >= 4 is 5.96 Å². The van der Waals surface area contributed by atoms with Crippen LogP contribution in [-0.2, 0) is 13.0 Å². The second-order valence-electron chi connectivity index (χ2n) is 6.03. The zero-order chi connectivity index (χ0) is 19.3. The van der Waals surface area contributed by atoms with Crippen LogP contribution in [0.15, 0.2) is 35.8 Å². The number of hydrogen-bond acceptors (Lipinski definition) is 5. The summed E-state index contributed by atoms with van der Waals surface area (Å²) in [7, 11) is 3.30. The molecule has 8 heteroatoms. The Kier molecular flexibility index (Phi) is 8.95. The van der Waals surface area contributed by atoms with Gasteiger partial charge < -0.3 is 24.7 Å². The van der Waals surface area contributed by atoms with Gasteiger partial charge in [-0.05, 0) is 43.9 Å². The van der Waals surface area contributed by atoms with E-state index in [1.807, 2.05) is 16.7 Å². The summed E-state index contributed by atoms with van der Waals surface area (Å²) in [6.07, 6.45) is 6.42. The minimum atomic E-state index is 0.746. The molecule has 0 aliphatic rings. The van der Waals surface area contributed by atoms with Crippen LogP contribution in [-0.4, -0.2) is 54.6 Å². The summed E-state index contributed by atoms with van der Waals surface area (Å²) in [5, 5.41) is 14.3. The molecular formula is C19H30N6O2. The van der Waals surface area contributed by atoms with Crippen LogP contribution in [0.5, 0.6) is 11.5 Å². The highest BCUT2D eigenvalue weighted by molar-refractivity contribution is 5.79. The molecule has 0 amide bonds. The number of benzene rings is 1. The van der Waals surface area contributed by atoms with Crippen LogP contribution in [0.25, 0.3) is 0 Å². The standard InChI is InChI=1S/C19H30N6O2/c1-4-20-19(21-10-5-6-12-25-14-23-24-15-25)22-11-9-16-7-8-17(26-2)18(13-16)27-3/h7-8,13-15H,4-6,9-12H2,1-3H3,(H2,20,21,22). The lowest BCUT2D eigenvalue weighted by atomic mass is 10.1. The molecule has 0 unspecified atom stereocenters. The molecule has 2 rings (SSSR count). The number of unbranched alkanes of at least 4 members (excludes halogenated alkanes) is 1. The minimum absolute atomic E-state index is 0.746. The SMILES string of the molecule is CCNC(=NCCCCn1cnnc1)NCCc1ccc(OC)c(OC)c1.